The maximum atomic E-state index is 11.8. The van der Waals surface area contributed by atoms with E-state index in [0.717, 1.165) is 12.2 Å². The minimum Gasteiger partial charge on any atom is -0.359 e. The van der Waals surface area contributed by atoms with Crippen molar-refractivity contribution >= 4 is 27.7 Å². The number of carbonyl (C=O) groups is 1. The summed E-state index contributed by atoms with van der Waals surface area (Å²) in [7, 11) is 0. The lowest BCUT2D eigenvalue weighted by Gasteiger charge is -2.13. The van der Waals surface area contributed by atoms with Crippen LogP contribution in [0.15, 0.2) is 10.6 Å². The van der Waals surface area contributed by atoms with Gasteiger partial charge >= 0.3 is 0 Å². The Bertz CT molecular complexity index is 408. The second-order valence-corrected chi connectivity index (χ2v) is 6.15. The Morgan fingerprint density at radius 1 is 1.56 bits per heavy atom. The van der Waals surface area contributed by atoms with Crippen LogP contribution in [0.1, 0.15) is 33.0 Å². The van der Waals surface area contributed by atoms with Crippen LogP contribution in [-0.4, -0.2) is 22.4 Å². The zero-order valence-electron chi connectivity index (χ0n) is 9.66. The topological polar surface area (TPSA) is 46.3 Å². The summed E-state index contributed by atoms with van der Waals surface area (Å²) in [4.78, 5) is 13.3. The van der Waals surface area contributed by atoms with Gasteiger partial charge in [0.2, 0.25) is 5.91 Å². The molecule has 1 aromatic rings. The fraction of sp³-hybridized carbons (Fsp3) is 0.636. The molecule has 88 valence electrons. The first-order valence-electron chi connectivity index (χ1n) is 5.32. The SMILES string of the molecule is CC(C)(C)c1cc(N2CCC(Br)C2=O)no1. The summed E-state index contributed by atoms with van der Waals surface area (Å²) in [5.74, 6) is 1.49. The molecule has 4 nitrogen and oxygen atoms in total. The molecular weight excluding hydrogens is 272 g/mol. The number of hydrogen-bond donors (Lipinski definition) is 0. The summed E-state index contributed by atoms with van der Waals surface area (Å²) in [6, 6.07) is 1.85. The van der Waals surface area contributed by atoms with Gasteiger partial charge in [0.25, 0.3) is 0 Å². The lowest BCUT2D eigenvalue weighted by atomic mass is 9.93. The molecule has 0 radical (unpaired) electrons. The molecule has 1 saturated heterocycles. The van der Waals surface area contributed by atoms with Crippen molar-refractivity contribution in [1.82, 2.24) is 5.16 Å². The molecule has 2 rings (SSSR count). The van der Waals surface area contributed by atoms with Crippen LogP contribution in [0, 0.1) is 0 Å². The first-order valence-corrected chi connectivity index (χ1v) is 6.24. The monoisotopic (exact) mass is 286 g/mol. The van der Waals surface area contributed by atoms with Crippen LogP contribution in [0.5, 0.6) is 0 Å². The number of halogens is 1. The van der Waals surface area contributed by atoms with Gasteiger partial charge in [-0.25, -0.2) is 0 Å². The number of amides is 1. The van der Waals surface area contributed by atoms with Crippen molar-refractivity contribution in [2.75, 3.05) is 11.4 Å². The Kier molecular flexibility index (Phi) is 2.82. The van der Waals surface area contributed by atoms with Gasteiger partial charge in [-0.2, -0.15) is 0 Å². The van der Waals surface area contributed by atoms with Gasteiger partial charge in [-0.3, -0.25) is 9.69 Å². The average Bonchev–Trinajstić information content (AvgIpc) is 2.74. The summed E-state index contributed by atoms with van der Waals surface area (Å²) in [6.45, 7) is 6.86. The number of carbonyl (C=O) groups excluding carboxylic acids is 1. The van der Waals surface area contributed by atoms with Crippen molar-refractivity contribution in [3.8, 4) is 0 Å². The fourth-order valence-electron chi connectivity index (χ4n) is 1.62. The van der Waals surface area contributed by atoms with E-state index in [2.05, 4.69) is 41.9 Å². The zero-order valence-corrected chi connectivity index (χ0v) is 11.2. The molecule has 1 aliphatic heterocycles. The van der Waals surface area contributed by atoms with Crippen LogP contribution in [0.2, 0.25) is 0 Å². The average molecular weight is 287 g/mol. The van der Waals surface area contributed by atoms with Gasteiger partial charge < -0.3 is 4.52 Å². The molecule has 16 heavy (non-hydrogen) atoms. The number of alkyl halides is 1. The van der Waals surface area contributed by atoms with E-state index in [9.17, 15) is 4.79 Å². The molecule has 1 unspecified atom stereocenters. The predicted molar refractivity (Wildman–Crippen MR) is 64.9 cm³/mol. The summed E-state index contributed by atoms with van der Waals surface area (Å²) in [6.07, 6.45) is 0.816. The Morgan fingerprint density at radius 3 is 2.69 bits per heavy atom. The van der Waals surface area contributed by atoms with Gasteiger partial charge in [0.15, 0.2) is 5.82 Å². The molecule has 0 bridgehead atoms. The minimum atomic E-state index is -0.0815. The summed E-state index contributed by atoms with van der Waals surface area (Å²) >= 11 is 3.34. The van der Waals surface area contributed by atoms with Crippen molar-refractivity contribution in [3.05, 3.63) is 11.8 Å². The second-order valence-electron chi connectivity index (χ2n) is 5.05. The molecular formula is C11H15BrN2O2. The molecule has 1 fully saturated rings. The van der Waals surface area contributed by atoms with E-state index in [1.807, 2.05) is 6.07 Å². The standard InChI is InChI=1S/C11H15BrN2O2/c1-11(2,3)8-6-9(13-16-8)14-5-4-7(12)10(14)15/h6-7H,4-5H2,1-3H3. The van der Waals surface area contributed by atoms with Crippen molar-refractivity contribution < 1.29 is 9.32 Å². The maximum Gasteiger partial charge on any atom is 0.242 e. The molecule has 0 spiro atoms. The van der Waals surface area contributed by atoms with E-state index in [4.69, 9.17) is 4.52 Å². The Morgan fingerprint density at radius 2 is 2.25 bits per heavy atom. The van der Waals surface area contributed by atoms with Crippen molar-refractivity contribution in [1.29, 1.82) is 0 Å². The van der Waals surface area contributed by atoms with Gasteiger partial charge in [0.05, 0.1) is 4.83 Å². The third kappa shape index (κ3) is 2.00. The number of hydrogen-bond acceptors (Lipinski definition) is 3. The van der Waals surface area contributed by atoms with E-state index < -0.39 is 0 Å². The van der Waals surface area contributed by atoms with Crippen LogP contribution in [0.4, 0.5) is 5.82 Å². The lowest BCUT2D eigenvalue weighted by Crippen LogP contribution is -2.27. The normalized spacial score (nSPS) is 21.9. The fourth-order valence-corrected chi connectivity index (χ4v) is 2.07. The highest BCUT2D eigenvalue weighted by Gasteiger charge is 2.33. The largest absolute Gasteiger partial charge is 0.359 e. The Labute approximate surface area is 103 Å². The third-order valence-electron chi connectivity index (χ3n) is 2.65. The molecule has 0 saturated carbocycles. The van der Waals surface area contributed by atoms with Gasteiger partial charge in [0.1, 0.15) is 5.76 Å². The van der Waals surface area contributed by atoms with Gasteiger partial charge in [-0.1, -0.05) is 41.9 Å². The molecule has 0 aliphatic carbocycles. The lowest BCUT2D eigenvalue weighted by molar-refractivity contribution is -0.116. The predicted octanol–water partition coefficient (Wildman–Crippen LogP) is 2.47. The molecule has 1 amide bonds. The molecule has 5 heteroatoms. The molecule has 0 N–H and O–H groups in total. The number of rotatable bonds is 1. The van der Waals surface area contributed by atoms with E-state index in [1.54, 1.807) is 4.90 Å². The van der Waals surface area contributed by atoms with Crippen LogP contribution >= 0.6 is 15.9 Å². The van der Waals surface area contributed by atoms with Gasteiger partial charge in [-0.15, -0.1) is 0 Å². The number of aromatic nitrogens is 1. The van der Waals surface area contributed by atoms with E-state index in [0.29, 0.717) is 12.4 Å². The Balaban J connectivity index is 2.23. The van der Waals surface area contributed by atoms with Crippen molar-refractivity contribution in [2.24, 2.45) is 0 Å². The minimum absolute atomic E-state index is 0.0637. The van der Waals surface area contributed by atoms with E-state index >= 15 is 0 Å². The summed E-state index contributed by atoms with van der Waals surface area (Å²) < 4.78 is 5.27. The van der Waals surface area contributed by atoms with E-state index in [-0.39, 0.29) is 16.1 Å². The van der Waals surface area contributed by atoms with Crippen LogP contribution in [0.25, 0.3) is 0 Å². The quantitative estimate of drug-likeness (QED) is 0.745. The van der Waals surface area contributed by atoms with Crippen LogP contribution in [0.3, 0.4) is 0 Å². The van der Waals surface area contributed by atoms with E-state index in [1.165, 1.54) is 0 Å². The molecule has 0 aromatic carbocycles. The maximum absolute atomic E-state index is 11.8. The highest BCUT2D eigenvalue weighted by Crippen LogP contribution is 2.29. The number of nitrogens with zero attached hydrogens (tertiary/aromatic N) is 2. The van der Waals surface area contributed by atoms with Crippen molar-refractivity contribution in [2.45, 2.75) is 37.4 Å². The molecule has 1 aromatic heterocycles. The van der Waals surface area contributed by atoms with Gasteiger partial charge in [0, 0.05) is 18.0 Å². The van der Waals surface area contributed by atoms with Gasteiger partial charge in [-0.05, 0) is 6.42 Å². The molecule has 2 heterocycles. The third-order valence-corrected chi connectivity index (χ3v) is 3.50. The molecule has 1 atom stereocenters. The van der Waals surface area contributed by atoms with Crippen molar-refractivity contribution in [3.63, 3.8) is 0 Å². The smallest absolute Gasteiger partial charge is 0.242 e. The van der Waals surface area contributed by atoms with Crippen LogP contribution in [-0.2, 0) is 10.2 Å². The Hall–Kier alpha value is -0.840. The molecule has 1 aliphatic rings. The number of anilines is 1. The highest BCUT2D eigenvalue weighted by atomic mass is 79.9. The second kappa shape index (κ2) is 3.87. The summed E-state index contributed by atoms with van der Waals surface area (Å²) in [5, 5.41) is 3.96. The van der Waals surface area contributed by atoms with Crippen LogP contribution < -0.4 is 4.90 Å². The first-order chi connectivity index (χ1) is 7.39. The first kappa shape index (κ1) is 11.6. The highest BCUT2D eigenvalue weighted by molar-refractivity contribution is 9.10. The zero-order chi connectivity index (χ0) is 11.9. The summed E-state index contributed by atoms with van der Waals surface area (Å²) in [5.41, 5.74) is -0.0815.